The first-order chi connectivity index (χ1) is 7.47. The molecule has 4 heteroatoms. The van der Waals surface area contributed by atoms with Crippen molar-refractivity contribution in [2.75, 3.05) is 6.61 Å². The lowest BCUT2D eigenvalue weighted by Crippen LogP contribution is -2.47. The molecular formula is C12H18N2O2. The molecule has 1 amide bonds. The van der Waals surface area contributed by atoms with Crippen LogP contribution in [0.25, 0.3) is 0 Å². The second kappa shape index (κ2) is 3.74. The van der Waals surface area contributed by atoms with Crippen LogP contribution in [0.4, 0.5) is 0 Å². The lowest BCUT2D eigenvalue weighted by molar-refractivity contribution is -0.127. The third-order valence-electron chi connectivity index (χ3n) is 3.43. The van der Waals surface area contributed by atoms with E-state index in [2.05, 4.69) is 11.4 Å². The number of carbonyl (C=O) groups is 1. The number of carbonyl (C=O) groups excluding carboxylic acids is 1. The summed E-state index contributed by atoms with van der Waals surface area (Å²) >= 11 is 0. The molecule has 0 aromatic rings. The number of nitrogens with zero attached hydrogens (tertiary/aromatic N) is 1. The van der Waals surface area contributed by atoms with Gasteiger partial charge in [-0.05, 0) is 39.5 Å². The Balaban J connectivity index is 1.91. The van der Waals surface area contributed by atoms with E-state index in [-0.39, 0.29) is 17.6 Å². The molecule has 2 rings (SSSR count). The first-order valence-corrected chi connectivity index (χ1v) is 5.84. The van der Waals surface area contributed by atoms with Gasteiger partial charge in [-0.2, -0.15) is 5.26 Å². The quantitative estimate of drug-likeness (QED) is 0.767. The first kappa shape index (κ1) is 11.4. The van der Waals surface area contributed by atoms with Crippen LogP contribution in [0.3, 0.4) is 0 Å². The van der Waals surface area contributed by atoms with Gasteiger partial charge in [0.05, 0.1) is 11.7 Å². The van der Waals surface area contributed by atoms with Gasteiger partial charge in [0.25, 0.3) is 0 Å². The second-order valence-electron chi connectivity index (χ2n) is 5.47. The van der Waals surface area contributed by atoms with Crippen molar-refractivity contribution in [1.29, 1.82) is 5.26 Å². The molecule has 0 radical (unpaired) electrons. The number of amides is 1. The molecule has 1 saturated carbocycles. The third-order valence-corrected chi connectivity index (χ3v) is 3.43. The van der Waals surface area contributed by atoms with Gasteiger partial charge in [0, 0.05) is 12.6 Å². The van der Waals surface area contributed by atoms with Gasteiger partial charge in [-0.3, -0.25) is 4.79 Å². The summed E-state index contributed by atoms with van der Waals surface area (Å²) in [4.78, 5) is 11.9. The largest absolute Gasteiger partial charge is 0.375 e. The fourth-order valence-corrected chi connectivity index (χ4v) is 2.19. The predicted molar refractivity (Wildman–Crippen MR) is 58.5 cm³/mol. The lowest BCUT2D eigenvalue weighted by atomic mass is 9.93. The van der Waals surface area contributed by atoms with Crippen molar-refractivity contribution in [2.24, 2.45) is 5.41 Å². The number of nitrogens with one attached hydrogen (secondary N) is 1. The summed E-state index contributed by atoms with van der Waals surface area (Å²) in [5.41, 5.74) is -0.873. The SMILES string of the molecule is CC1(C)CC(NC(=O)C2(C#N)CC2)CCO1. The number of hydrogen-bond donors (Lipinski definition) is 1. The van der Waals surface area contributed by atoms with E-state index in [9.17, 15) is 4.79 Å². The zero-order chi connectivity index (χ0) is 11.8. The van der Waals surface area contributed by atoms with Crippen molar-refractivity contribution in [1.82, 2.24) is 5.32 Å². The number of rotatable bonds is 2. The molecule has 1 unspecified atom stereocenters. The number of ether oxygens (including phenoxy) is 1. The highest BCUT2D eigenvalue weighted by Crippen LogP contribution is 2.45. The van der Waals surface area contributed by atoms with E-state index in [0.717, 1.165) is 12.8 Å². The smallest absolute Gasteiger partial charge is 0.240 e. The van der Waals surface area contributed by atoms with Gasteiger partial charge in [-0.1, -0.05) is 0 Å². The van der Waals surface area contributed by atoms with Crippen molar-refractivity contribution in [3.05, 3.63) is 0 Å². The molecule has 4 nitrogen and oxygen atoms in total. The third kappa shape index (κ3) is 2.19. The van der Waals surface area contributed by atoms with Crippen LogP contribution in [0.15, 0.2) is 0 Å². The second-order valence-corrected chi connectivity index (χ2v) is 5.47. The minimum Gasteiger partial charge on any atom is -0.375 e. The van der Waals surface area contributed by atoms with Crippen LogP contribution in [0.5, 0.6) is 0 Å². The van der Waals surface area contributed by atoms with Crippen LogP contribution in [0, 0.1) is 16.7 Å². The maximum Gasteiger partial charge on any atom is 0.240 e. The molecule has 1 heterocycles. The van der Waals surface area contributed by atoms with Crippen molar-refractivity contribution in [2.45, 2.75) is 51.2 Å². The Morgan fingerprint density at radius 3 is 2.69 bits per heavy atom. The average molecular weight is 222 g/mol. The van der Waals surface area contributed by atoms with Gasteiger partial charge in [-0.15, -0.1) is 0 Å². The molecule has 0 aromatic heterocycles. The molecule has 1 aliphatic heterocycles. The highest BCUT2D eigenvalue weighted by Gasteiger charge is 2.51. The summed E-state index contributed by atoms with van der Waals surface area (Å²) in [6, 6.07) is 2.27. The Morgan fingerprint density at radius 2 is 2.19 bits per heavy atom. The van der Waals surface area contributed by atoms with E-state index in [1.165, 1.54) is 0 Å². The van der Waals surface area contributed by atoms with Crippen LogP contribution >= 0.6 is 0 Å². The summed E-state index contributed by atoms with van der Waals surface area (Å²) in [6.45, 7) is 4.74. The van der Waals surface area contributed by atoms with E-state index >= 15 is 0 Å². The minimum atomic E-state index is -0.706. The van der Waals surface area contributed by atoms with Crippen LogP contribution in [0.2, 0.25) is 0 Å². The predicted octanol–water partition coefficient (Wildman–Crippen LogP) is 1.36. The zero-order valence-electron chi connectivity index (χ0n) is 9.88. The summed E-state index contributed by atoms with van der Waals surface area (Å²) < 4.78 is 5.59. The molecule has 0 bridgehead atoms. The lowest BCUT2D eigenvalue weighted by Gasteiger charge is -2.36. The van der Waals surface area contributed by atoms with E-state index in [1.54, 1.807) is 0 Å². The molecule has 0 spiro atoms. The molecule has 16 heavy (non-hydrogen) atoms. The molecular weight excluding hydrogens is 204 g/mol. The summed E-state index contributed by atoms with van der Waals surface area (Å²) in [7, 11) is 0. The average Bonchev–Trinajstić information content (AvgIpc) is 2.96. The standard InChI is InChI=1S/C12H18N2O2/c1-11(2)7-9(3-6-16-11)14-10(15)12(8-13)4-5-12/h9H,3-7H2,1-2H3,(H,14,15). The Hall–Kier alpha value is -1.08. The Kier molecular flexibility index (Phi) is 2.67. The van der Waals surface area contributed by atoms with Gasteiger partial charge < -0.3 is 10.1 Å². The summed E-state index contributed by atoms with van der Waals surface area (Å²) in [5, 5.41) is 11.9. The summed E-state index contributed by atoms with van der Waals surface area (Å²) in [6.07, 6.45) is 3.08. The van der Waals surface area contributed by atoms with E-state index < -0.39 is 5.41 Å². The Labute approximate surface area is 96.0 Å². The van der Waals surface area contributed by atoms with E-state index in [4.69, 9.17) is 10.00 Å². The molecule has 1 atom stereocenters. The molecule has 1 saturated heterocycles. The van der Waals surface area contributed by atoms with E-state index in [0.29, 0.717) is 19.4 Å². The first-order valence-electron chi connectivity index (χ1n) is 5.84. The van der Waals surface area contributed by atoms with Crippen molar-refractivity contribution in [3.63, 3.8) is 0 Å². The number of nitriles is 1. The Bertz CT molecular complexity index is 339. The van der Waals surface area contributed by atoms with Gasteiger partial charge >= 0.3 is 0 Å². The van der Waals surface area contributed by atoms with Crippen molar-refractivity contribution in [3.8, 4) is 6.07 Å². The highest BCUT2D eigenvalue weighted by atomic mass is 16.5. The van der Waals surface area contributed by atoms with Gasteiger partial charge in [0.2, 0.25) is 5.91 Å². The molecule has 1 N–H and O–H groups in total. The van der Waals surface area contributed by atoms with Gasteiger partial charge in [0.15, 0.2) is 0 Å². The van der Waals surface area contributed by atoms with Gasteiger partial charge in [-0.25, -0.2) is 0 Å². The monoisotopic (exact) mass is 222 g/mol. The number of hydrogen-bond acceptors (Lipinski definition) is 3. The molecule has 88 valence electrons. The fraction of sp³-hybridized carbons (Fsp3) is 0.833. The molecule has 0 aromatic carbocycles. The normalized spacial score (nSPS) is 30.2. The zero-order valence-corrected chi connectivity index (χ0v) is 9.88. The van der Waals surface area contributed by atoms with Crippen LogP contribution in [-0.2, 0) is 9.53 Å². The molecule has 2 fully saturated rings. The van der Waals surface area contributed by atoms with Crippen molar-refractivity contribution >= 4 is 5.91 Å². The Morgan fingerprint density at radius 1 is 1.50 bits per heavy atom. The fourth-order valence-electron chi connectivity index (χ4n) is 2.19. The van der Waals surface area contributed by atoms with E-state index in [1.807, 2.05) is 13.8 Å². The van der Waals surface area contributed by atoms with Crippen LogP contribution < -0.4 is 5.32 Å². The van der Waals surface area contributed by atoms with Crippen LogP contribution in [-0.4, -0.2) is 24.2 Å². The minimum absolute atomic E-state index is 0.0855. The maximum atomic E-state index is 11.9. The maximum absolute atomic E-state index is 11.9. The highest BCUT2D eigenvalue weighted by molar-refractivity contribution is 5.88. The van der Waals surface area contributed by atoms with Crippen molar-refractivity contribution < 1.29 is 9.53 Å². The summed E-state index contributed by atoms with van der Waals surface area (Å²) in [5.74, 6) is -0.0855. The molecule has 1 aliphatic carbocycles. The topological polar surface area (TPSA) is 62.1 Å². The van der Waals surface area contributed by atoms with Crippen LogP contribution in [0.1, 0.15) is 39.5 Å². The van der Waals surface area contributed by atoms with Gasteiger partial charge in [0.1, 0.15) is 5.41 Å². The molecule has 2 aliphatic rings.